The maximum Gasteiger partial charge on any atom is 0.315 e. The van der Waals surface area contributed by atoms with Gasteiger partial charge in [0.2, 0.25) is 0 Å². The molecule has 5 nitrogen and oxygen atoms in total. The second kappa shape index (κ2) is 6.86. The molecule has 2 atom stereocenters. The Morgan fingerprint density at radius 1 is 1.47 bits per heavy atom. The Kier molecular flexibility index (Phi) is 6.17. The lowest BCUT2D eigenvalue weighted by atomic mass is 10.0. The first kappa shape index (κ1) is 13.5. The standard InChI is InChI=1S/C10H18N2O3/c1-4-5-6-11-10(15)12-8(3)7(2)9(13)14/h4,7-8H,1,5-6H2,2-3H3,(H,13,14)(H2,11,12,15). The van der Waals surface area contributed by atoms with Crippen LogP contribution < -0.4 is 10.6 Å². The van der Waals surface area contributed by atoms with Gasteiger partial charge in [0.1, 0.15) is 0 Å². The Hall–Kier alpha value is -1.52. The number of aliphatic carboxylic acids is 1. The summed E-state index contributed by atoms with van der Waals surface area (Å²) < 4.78 is 0. The van der Waals surface area contributed by atoms with E-state index in [-0.39, 0.29) is 6.03 Å². The summed E-state index contributed by atoms with van der Waals surface area (Å²) in [6, 6.07) is -0.747. The van der Waals surface area contributed by atoms with Gasteiger partial charge >= 0.3 is 12.0 Å². The summed E-state index contributed by atoms with van der Waals surface area (Å²) >= 11 is 0. The van der Waals surface area contributed by atoms with E-state index in [2.05, 4.69) is 17.2 Å². The highest BCUT2D eigenvalue weighted by Crippen LogP contribution is 2.01. The molecule has 2 amide bonds. The van der Waals surface area contributed by atoms with Crippen LogP contribution in [0.15, 0.2) is 12.7 Å². The summed E-state index contributed by atoms with van der Waals surface area (Å²) in [5.41, 5.74) is 0. The summed E-state index contributed by atoms with van der Waals surface area (Å²) in [6.45, 7) is 7.24. The van der Waals surface area contributed by atoms with Crippen LogP contribution in [0.1, 0.15) is 20.3 Å². The third kappa shape index (κ3) is 5.72. The highest BCUT2D eigenvalue weighted by molar-refractivity contribution is 5.76. The minimum absolute atomic E-state index is 0.350. The van der Waals surface area contributed by atoms with Crippen LogP contribution in [0.4, 0.5) is 4.79 Å². The number of hydrogen-bond donors (Lipinski definition) is 3. The lowest BCUT2D eigenvalue weighted by Gasteiger charge is -2.17. The van der Waals surface area contributed by atoms with Gasteiger partial charge in [0, 0.05) is 12.6 Å². The zero-order valence-electron chi connectivity index (χ0n) is 9.12. The molecule has 0 aliphatic carbocycles. The molecule has 0 bridgehead atoms. The van der Waals surface area contributed by atoms with Crippen LogP contribution >= 0.6 is 0 Å². The normalized spacial score (nSPS) is 13.7. The third-order valence-electron chi connectivity index (χ3n) is 2.13. The number of carbonyl (C=O) groups excluding carboxylic acids is 1. The van der Waals surface area contributed by atoms with E-state index in [1.54, 1.807) is 19.9 Å². The molecule has 0 aliphatic rings. The van der Waals surface area contributed by atoms with Gasteiger partial charge < -0.3 is 15.7 Å². The molecule has 5 heteroatoms. The molecule has 0 aromatic heterocycles. The summed E-state index contributed by atoms with van der Waals surface area (Å²) in [6.07, 6.45) is 2.39. The summed E-state index contributed by atoms with van der Waals surface area (Å²) in [5.74, 6) is -1.52. The number of amides is 2. The van der Waals surface area contributed by atoms with Gasteiger partial charge in [-0.3, -0.25) is 4.79 Å². The average molecular weight is 214 g/mol. The van der Waals surface area contributed by atoms with Crippen LogP contribution in [-0.2, 0) is 4.79 Å². The molecular weight excluding hydrogens is 196 g/mol. The lowest BCUT2D eigenvalue weighted by molar-refractivity contribution is -0.141. The van der Waals surface area contributed by atoms with Gasteiger partial charge in [0.15, 0.2) is 0 Å². The number of hydrogen-bond acceptors (Lipinski definition) is 2. The molecule has 0 spiro atoms. The van der Waals surface area contributed by atoms with E-state index in [1.807, 2.05) is 0 Å². The fourth-order valence-electron chi connectivity index (χ4n) is 0.884. The summed E-state index contributed by atoms with van der Waals surface area (Å²) in [4.78, 5) is 21.8. The first-order valence-electron chi connectivity index (χ1n) is 4.87. The fraction of sp³-hybridized carbons (Fsp3) is 0.600. The van der Waals surface area contributed by atoms with Crippen molar-refractivity contribution in [3.8, 4) is 0 Å². The predicted octanol–water partition coefficient (Wildman–Crippen LogP) is 0.971. The highest BCUT2D eigenvalue weighted by atomic mass is 16.4. The van der Waals surface area contributed by atoms with E-state index in [0.717, 1.165) is 0 Å². The van der Waals surface area contributed by atoms with Crippen LogP contribution in [0.3, 0.4) is 0 Å². The zero-order valence-corrected chi connectivity index (χ0v) is 9.12. The molecule has 3 N–H and O–H groups in total. The Labute approximate surface area is 89.6 Å². The predicted molar refractivity (Wildman–Crippen MR) is 57.6 cm³/mol. The number of carbonyl (C=O) groups is 2. The van der Waals surface area contributed by atoms with Crippen LogP contribution in [0.5, 0.6) is 0 Å². The SMILES string of the molecule is C=CCCNC(=O)NC(C)C(C)C(=O)O. The largest absolute Gasteiger partial charge is 0.481 e. The molecule has 0 rings (SSSR count). The van der Waals surface area contributed by atoms with Crippen LogP contribution in [0.25, 0.3) is 0 Å². The summed E-state index contributed by atoms with van der Waals surface area (Å²) in [7, 11) is 0. The van der Waals surface area contributed by atoms with Crippen molar-refractivity contribution in [1.29, 1.82) is 0 Å². The fourth-order valence-corrected chi connectivity index (χ4v) is 0.884. The molecule has 0 fully saturated rings. The lowest BCUT2D eigenvalue weighted by Crippen LogP contribution is -2.45. The molecular formula is C10H18N2O3. The molecule has 0 aromatic rings. The van der Waals surface area contributed by atoms with Crippen molar-refractivity contribution in [1.82, 2.24) is 10.6 Å². The van der Waals surface area contributed by atoms with Crippen molar-refractivity contribution < 1.29 is 14.7 Å². The third-order valence-corrected chi connectivity index (χ3v) is 2.13. The van der Waals surface area contributed by atoms with E-state index in [1.165, 1.54) is 0 Å². The highest BCUT2D eigenvalue weighted by Gasteiger charge is 2.20. The van der Waals surface area contributed by atoms with E-state index < -0.39 is 17.9 Å². The number of nitrogens with one attached hydrogen (secondary N) is 2. The maximum absolute atomic E-state index is 11.2. The molecule has 0 aromatic carbocycles. The Bertz CT molecular complexity index is 241. The Morgan fingerprint density at radius 3 is 2.53 bits per heavy atom. The zero-order chi connectivity index (χ0) is 11.8. The van der Waals surface area contributed by atoms with Gasteiger partial charge in [0.05, 0.1) is 5.92 Å². The van der Waals surface area contributed by atoms with Gasteiger partial charge in [-0.15, -0.1) is 6.58 Å². The quantitative estimate of drug-likeness (QED) is 0.455. The van der Waals surface area contributed by atoms with Crippen molar-refractivity contribution in [3.05, 3.63) is 12.7 Å². The van der Waals surface area contributed by atoms with Crippen molar-refractivity contribution in [2.45, 2.75) is 26.3 Å². The van der Waals surface area contributed by atoms with Crippen molar-refractivity contribution in [2.24, 2.45) is 5.92 Å². The molecule has 0 aliphatic heterocycles. The van der Waals surface area contributed by atoms with E-state index in [9.17, 15) is 9.59 Å². The molecule has 0 saturated heterocycles. The number of carboxylic acids is 1. The van der Waals surface area contributed by atoms with Gasteiger partial charge in [-0.1, -0.05) is 6.08 Å². The number of rotatable bonds is 6. The van der Waals surface area contributed by atoms with Gasteiger partial charge in [-0.05, 0) is 20.3 Å². The van der Waals surface area contributed by atoms with Gasteiger partial charge in [0.25, 0.3) is 0 Å². The molecule has 0 heterocycles. The second-order valence-electron chi connectivity index (χ2n) is 3.39. The summed E-state index contributed by atoms with van der Waals surface area (Å²) in [5, 5.41) is 13.8. The number of urea groups is 1. The van der Waals surface area contributed by atoms with Gasteiger partial charge in [-0.2, -0.15) is 0 Å². The molecule has 0 saturated carbocycles. The number of carboxylic acid groups (broad SMARTS) is 1. The molecule has 2 unspecified atom stereocenters. The Balaban J connectivity index is 3.85. The molecule has 86 valence electrons. The van der Waals surface area contributed by atoms with E-state index in [0.29, 0.717) is 13.0 Å². The van der Waals surface area contributed by atoms with E-state index >= 15 is 0 Å². The Morgan fingerprint density at radius 2 is 2.07 bits per heavy atom. The average Bonchev–Trinajstić information content (AvgIpc) is 2.16. The van der Waals surface area contributed by atoms with Crippen molar-refractivity contribution in [2.75, 3.05) is 6.54 Å². The minimum Gasteiger partial charge on any atom is -0.481 e. The topological polar surface area (TPSA) is 78.4 Å². The van der Waals surface area contributed by atoms with Gasteiger partial charge in [-0.25, -0.2) is 4.79 Å². The minimum atomic E-state index is -0.922. The smallest absolute Gasteiger partial charge is 0.315 e. The van der Waals surface area contributed by atoms with Crippen LogP contribution in [0, 0.1) is 5.92 Å². The molecule has 0 radical (unpaired) electrons. The monoisotopic (exact) mass is 214 g/mol. The van der Waals surface area contributed by atoms with Crippen molar-refractivity contribution >= 4 is 12.0 Å². The molecule has 15 heavy (non-hydrogen) atoms. The van der Waals surface area contributed by atoms with Crippen molar-refractivity contribution in [3.63, 3.8) is 0 Å². The first-order valence-corrected chi connectivity index (χ1v) is 4.87. The maximum atomic E-state index is 11.2. The van der Waals surface area contributed by atoms with Crippen LogP contribution in [0.2, 0.25) is 0 Å². The second-order valence-corrected chi connectivity index (χ2v) is 3.39. The van der Waals surface area contributed by atoms with E-state index in [4.69, 9.17) is 5.11 Å². The first-order chi connectivity index (χ1) is 6.99. The van der Waals surface area contributed by atoms with Crippen LogP contribution in [-0.4, -0.2) is 29.7 Å².